The molecule has 2 N–H and O–H groups in total. The van der Waals surface area contributed by atoms with Gasteiger partial charge < -0.3 is 15.4 Å². The standard InChI is InChI=1S/C16H25ClN2O2/c1-11(7-8-18)9-12(2)21-13-5-6-14(15(17)10-13)16(20)19(3)4/h5-6,10-12H,7-9,18H2,1-4H3. The van der Waals surface area contributed by atoms with Crippen molar-refractivity contribution in [1.82, 2.24) is 4.90 Å². The lowest BCUT2D eigenvalue weighted by Crippen LogP contribution is -2.22. The van der Waals surface area contributed by atoms with Gasteiger partial charge in [0, 0.05) is 14.1 Å². The van der Waals surface area contributed by atoms with Gasteiger partial charge in [0.05, 0.1) is 16.7 Å². The predicted octanol–water partition coefficient (Wildman–Crippen LogP) is 3.18. The molecule has 0 spiro atoms. The first-order valence-electron chi connectivity index (χ1n) is 7.23. The van der Waals surface area contributed by atoms with Gasteiger partial charge in [-0.05, 0) is 50.4 Å². The van der Waals surface area contributed by atoms with Crippen LogP contribution in [-0.2, 0) is 0 Å². The van der Waals surface area contributed by atoms with Crippen molar-refractivity contribution >= 4 is 17.5 Å². The fourth-order valence-electron chi connectivity index (χ4n) is 2.23. The molecule has 118 valence electrons. The minimum atomic E-state index is -0.115. The van der Waals surface area contributed by atoms with Crippen LogP contribution in [-0.4, -0.2) is 37.6 Å². The molecule has 0 aliphatic carbocycles. The maximum atomic E-state index is 11.9. The van der Waals surface area contributed by atoms with Crippen LogP contribution in [0.3, 0.4) is 0 Å². The van der Waals surface area contributed by atoms with Gasteiger partial charge in [-0.2, -0.15) is 0 Å². The summed E-state index contributed by atoms with van der Waals surface area (Å²) in [5, 5.41) is 0.411. The number of hydrogen-bond donors (Lipinski definition) is 1. The van der Waals surface area contributed by atoms with E-state index in [1.54, 1.807) is 32.3 Å². The Bertz CT molecular complexity index is 477. The molecular weight excluding hydrogens is 288 g/mol. The van der Waals surface area contributed by atoms with Crippen molar-refractivity contribution in [3.63, 3.8) is 0 Å². The van der Waals surface area contributed by atoms with Crippen molar-refractivity contribution in [3.05, 3.63) is 28.8 Å². The molecule has 0 aliphatic heterocycles. The van der Waals surface area contributed by atoms with E-state index < -0.39 is 0 Å². The number of carbonyl (C=O) groups excluding carboxylic acids is 1. The van der Waals surface area contributed by atoms with Crippen molar-refractivity contribution in [2.24, 2.45) is 11.7 Å². The van der Waals surface area contributed by atoms with Crippen molar-refractivity contribution in [1.29, 1.82) is 0 Å². The van der Waals surface area contributed by atoms with Gasteiger partial charge in [-0.1, -0.05) is 18.5 Å². The van der Waals surface area contributed by atoms with E-state index in [2.05, 4.69) is 6.92 Å². The average molecular weight is 313 g/mol. The maximum Gasteiger partial charge on any atom is 0.254 e. The van der Waals surface area contributed by atoms with Gasteiger partial charge in [0.15, 0.2) is 0 Å². The molecule has 1 aromatic rings. The number of nitrogens with zero attached hydrogens (tertiary/aromatic N) is 1. The van der Waals surface area contributed by atoms with Crippen LogP contribution in [0.4, 0.5) is 0 Å². The SMILES string of the molecule is CC(CCN)CC(C)Oc1ccc(C(=O)N(C)C)c(Cl)c1. The molecule has 1 amide bonds. The van der Waals surface area contributed by atoms with Crippen LogP contribution in [0.25, 0.3) is 0 Å². The molecule has 0 aliphatic rings. The van der Waals surface area contributed by atoms with E-state index >= 15 is 0 Å². The minimum Gasteiger partial charge on any atom is -0.491 e. The van der Waals surface area contributed by atoms with Crippen LogP contribution < -0.4 is 10.5 Å². The molecule has 1 aromatic carbocycles. The predicted molar refractivity (Wildman–Crippen MR) is 87.0 cm³/mol. The normalized spacial score (nSPS) is 13.6. The van der Waals surface area contributed by atoms with E-state index in [1.807, 2.05) is 6.92 Å². The minimum absolute atomic E-state index is 0.0815. The summed E-state index contributed by atoms with van der Waals surface area (Å²) in [4.78, 5) is 13.4. The average Bonchev–Trinajstić information content (AvgIpc) is 2.37. The molecule has 0 radical (unpaired) electrons. The van der Waals surface area contributed by atoms with Gasteiger partial charge in [-0.15, -0.1) is 0 Å². The molecule has 0 bridgehead atoms. The quantitative estimate of drug-likeness (QED) is 0.841. The fourth-order valence-corrected chi connectivity index (χ4v) is 2.48. The van der Waals surface area contributed by atoms with E-state index in [9.17, 15) is 4.79 Å². The lowest BCUT2D eigenvalue weighted by Gasteiger charge is -2.19. The Morgan fingerprint density at radius 2 is 2.05 bits per heavy atom. The molecule has 4 nitrogen and oxygen atoms in total. The summed E-state index contributed by atoms with van der Waals surface area (Å²) in [6.45, 7) is 4.89. The first kappa shape index (κ1) is 17.8. The van der Waals surface area contributed by atoms with Gasteiger partial charge in [0.1, 0.15) is 5.75 Å². The third-order valence-corrected chi connectivity index (χ3v) is 3.62. The number of nitrogens with two attached hydrogens (primary N) is 1. The van der Waals surface area contributed by atoms with Crippen LogP contribution in [0, 0.1) is 5.92 Å². The lowest BCUT2D eigenvalue weighted by molar-refractivity contribution is 0.0827. The molecule has 1 rings (SSSR count). The Hall–Kier alpha value is -1.26. The second kappa shape index (κ2) is 8.25. The molecule has 0 heterocycles. The Morgan fingerprint density at radius 3 is 2.57 bits per heavy atom. The second-order valence-electron chi connectivity index (χ2n) is 5.69. The van der Waals surface area contributed by atoms with Crippen LogP contribution in [0.5, 0.6) is 5.75 Å². The molecule has 2 atom stereocenters. The summed E-state index contributed by atoms with van der Waals surface area (Å²) < 4.78 is 5.86. The maximum absolute atomic E-state index is 11.9. The van der Waals surface area contributed by atoms with E-state index in [0.29, 0.717) is 28.8 Å². The zero-order valence-corrected chi connectivity index (χ0v) is 14.0. The van der Waals surface area contributed by atoms with Crippen LogP contribution in [0.2, 0.25) is 5.02 Å². The molecule has 2 unspecified atom stereocenters. The number of benzene rings is 1. The monoisotopic (exact) mass is 312 g/mol. The van der Waals surface area contributed by atoms with E-state index in [4.69, 9.17) is 22.1 Å². The number of halogens is 1. The van der Waals surface area contributed by atoms with E-state index in [0.717, 1.165) is 12.8 Å². The van der Waals surface area contributed by atoms with Gasteiger partial charge in [0.25, 0.3) is 5.91 Å². The molecule has 0 aromatic heterocycles. The number of ether oxygens (including phenoxy) is 1. The Morgan fingerprint density at radius 1 is 1.38 bits per heavy atom. The van der Waals surface area contributed by atoms with Crippen molar-refractivity contribution in [2.45, 2.75) is 32.8 Å². The molecule has 0 saturated heterocycles. The van der Waals surface area contributed by atoms with Crippen LogP contribution >= 0.6 is 11.6 Å². The van der Waals surface area contributed by atoms with Crippen LogP contribution in [0.15, 0.2) is 18.2 Å². The fraction of sp³-hybridized carbons (Fsp3) is 0.562. The number of amides is 1. The topological polar surface area (TPSA) is 55.6 Å². The largest absolute Gasteiger partial charge is 0.491 e. The Labute approximate surface area is 132 Å². The summed E-state index contributed by atoms with van der Waals surface area (Å²) >= 11 is 6.16. The van der Waals surface area contributed by atoms with E-state index in [-0.39, 0.29) is 12.0 Å². The second-order valence-corrected chi connectivity index (χ2v) is 6.10. The molecule has 0 fully saturated rings. The zero-order chi connectivity index (χ0) is 16.0. The summed E-state index contributed by atoms with van der Waals surface area (Å²) in [6, 6.07) is 5.19. The van der Waals surface area contributed by atoms with Gasteiger partial charge in [-0.3, -0.25) is 4.79 Å². The van der Waals surface area contributed by atoms with Crippen molar-refractivity contribution in [2.75, 3.05) is 20.6 Å². The highest BCUT2D eigenvalue weighted by atomic mass is 35.5. The van der Waals surface area contributed by atoms with Crippen molar-refractivity contribution < 1.29 is 9.53 Å². The molecule has 5 heteroatoms. The molecule has 21 heavy (non-hydrogen) atoms. The Kier molecular flexibility index (Phi) is 6.99. The summed E-state index contributed by atoms with van der Waals surface area (Å²) in [7, 11) is 3.40. The first-order chi connectivity index (χ1) is 9.85. The van der Waals surface area contributed by atoms with Gasteiger partial charge >= 0.3 is 0 Å². The smallest absolute Gasteiger partial charge is 0.254 e. The van der Waals surface area contributed by atoms with Gasteiger partial charge in [-0.25, -0.2) is 0 Å². The Balaban J connectivity index is 2.69. The van der Waals surface area contributed by atoms with Gasteiger partial charge in [0.2, 0.25) is 0 Å². The number of rotatable bonds is 7. The summed E-state index contributed by atoms with van der Waals surface area (Å²) in [5.41, 5.74) is 6.04. The highest BCUT2D eigenvalue weighted by Gasteiger charge is 2.15. The first-order valence-corrected chi connectivity index (χ1v) is 7.60. The highest BCUT2D eigenvalue weighted by molar-refractivity contribution is 6.34. The number of carbonyl (C=O) groups is 1. The molecule has 0 saturated carbocycles. The summed E-state index contributed by atoms with van der Waals surface area (Å²) in [5.74, 6) is 1.09. The zero-order valence-electron chi connectivity index (χ0n) is 13.2. The highest BCUT2D eigenvalue weighted by Crippen LogP contribution is 2.25. The van der Waals surface area contributed by atoms with Crippen LogP contribution in [0.1, 0.15) is 37.0 Å². The van der Waals surface area contributed by atoms with Crippen molar-refractivity contribution in [3.8, 4) is 5.75 Å². The number of hydrogen-bond acceptors (Lipinski definition) is 3. The third kappa shape index (κ3) is 5.56. The lowest BCUT2D eigenvalue weighted by atomic mass is 10.0. The third-order valence-electron chi connectivity index (χ3n) is 3.31. The van der Waals surface area contributed by atoms with E-state index in [1.165, 1.54) is 4.90 Å². The molecular formula is C16H25ClN2O2. The summed E-state index contributed by atoms with van der Waals surface area (Å²) in [6.07, 6.45) is 2.01.